The number of halogens is 2. The standard InChI is InChI=1S/C5H2ClIO2S/c6-2-1-3(7)10-4(2)5(8)9/h1H,(H,8,9). The van der Waals surface area contributed by atoms with Crippen molar-refractivity contribution in [2.45, 2.75) is 0 Å². The molecule has 0 fully saturated rings. The Morgan fingerprint density at radius 1 is 1.80 bits per heavy atom. The van der Waals surface area contributed by atoms with Crippen LogP contribution in [0.2, 0.25) is 5.02 Å². The van der Waals surface area contributed by atoms with Gasteiger partial charge in [0.25, 0.3) is 0 Å². The van der Waals surface area contributed by atoms with E-state index >= 15 is 0 Å². The number of thiophene rings is 1. The topological polar surface area (TPSA) is 37.3 Å². The number of hydrogen-bond acceptors (Lipinski definition) is 2. The first kappa shape index (κ1) is 8.29. The Labute approximate surface area is 80.0 Å². The Balaban J connectivity index is 3.15. The Bertz CT molecular complexity index is 271. The van der Waals surface area contributed by atoms with Gasteiger partial charge in [-0.2, -0.15) is 0 Å². The molecule has 54 valence electrons. The highest BCUT2D eigenvalue weighted by Crippen LogP contribution is 2.27. The summed E-state index contributed by atoms with van der Waals surface area (Å²) in [4.78, 5) is 10.6. The van der Waals surface area contributed by atoms with Crippen LogP contribution in [0.3, 0.4) is 0 Å². The Morgan fingerprint density at radius 3 is 2.60 bits per heavy atom. The fourth-order valence-electron chi connectivity index (χ4n) is 0.487. The number of hydrogen-bond donors (Lipinski definition) is 1. The molecule has 0 saturated carbocycles. The molecule has 5 heteroatoms. The lowest BCUT2D eigenvalue weighted by atomic mass is 10.5. The number of aromatic carboxylic acids is 1. The molecule has 10 heavy (non-hydrogen) atoms. The molecule has 1 heterocycles. The zero-order valence-electron chi connectivity index (χ0n) is 4.60. The van der Waals surface area contributed by atoms with Gasteiger partial charge in [-0.3, -0.25) is 0 Å². The molecule has 0 amide bonds. The first-order valence-electron chi connectivity index (χ1n) is 2.29. The summed E-state index contributed by atoms with van der Waals surface area (Å²) in [6, 6.07) is 1.64. The largest absolute Gasteiger partial charge is 0.477 e. The van der Waals surface area contributed by atoms with E-state index in [0.717, 1.165) is 2.88 Å². The third-order valence-corrected chi connectivity index (χ3v) is 3.14. The molecule has 1 aromatic rings. The van der Waals surface area contributed by atoms with Crippen molar-refractivity contribution in [3.8, 4) is 0 Å². The molecule has 2 nitrogen and oxygen atoms in total. The number of rotatable bonds is 1. The molecule has 1 rings (SSSR count). The summed E-state index contributed by atoms with van der Waals surface area (Å²) < 4.78 is 0.889. The minimum Gasteiger partial charge on any atom is -0.477 e. The van der Waals surface area contributed by atoms with Crippen molar-refractivity contribution >= 4 is 51.5 Å². The lowest BCUT2D eigenvalue weighted by Gasteiger charge is -1.84. The quantitative estimate of drug-likeness (QED) is 0.807. The van der Waals surface area contributed by atoms with Crippen LogP contribution in [-0.2, 0) is 0 Å². The van der Waals surface area contributed by atoms with E-state index in [4.69, 9.17) is 16.7 Å². The van der Waals surface area contributed by atoms with E-state index < -0.39 is 5.97 Å². The van der Waals surface area contributed by atoms with E-state index in [-0.39, 0.29) is 4.88 Å². The Kier molecular flexibility index (Phi) is 2.54. The van der Waals surface area contributed by atoms with E-state index in [1.165, 1.54) is 11.3 Å². The summed E-state index contributed by atoms with van der Waals surface area (Å²) in [7, 11) is 0. The molecule has 1 aromatic heterocycles. The zero-order chi connectivity index (χ0) is 7.72. The van der Waals surface area contributed by atoms with Crippen LogP contribution < -0.4 is 0 Å². The van der Waals surface area contributed by atoms with E-state index in [0.29, 0.717) is 5.02 Å². The van der Waals surface area contributed by atoms with Crippen molar-refractivity contribution < 1.29 is 9.90 Å². The van der Waals surface area contributed by atoms with Crippen LogP contribution >= 0.6 is 45.5 Å². The summed E-state index contributed by atoms with van der Waals surface area (Å²) in [6.07, 6.45) is 0. The Hall–Kier alpha value is 0.190. The minimum atomic E-state index is -0.960. The maximum absolute atomic E-state index is 10.4. The molecule has 0 spiro atoms. The molecule has 0 aromatic carbocycles. The van der Waals surface area contributed by atoms with Crippen LogP contribution in [0, 0.1) is 2.88 Å². The van der Waals surface area contributed by atoms with Gasteiger partial charge >= 0.3 is 5.97 Å². The number of carbonyl (C=O) groups is 1. The fraction of sp³-hybridized carbons (Fsp3) is 0. The third kappa shape index (κ3) is 1.62. The molecular formula is C5H2ClIO2S. The predicted molar refractivity (Wildman–Crippen MR) is 49.0 cm³/mol. The van der Waals surface area contributed by atoms with Crippen LogP contribution in [-0.4, -0.2) is 11.1 Å². The third-order valence-electron chi connectivity index (χ3n) is 0.851. The van der Waals surface area contributed by atoms with Gasteiger partial charge < -0.3 is 5.11 Å². The van der Waals surface area contributed by atoms with E-state index in [1.54, 1.807) is 6.07 Å². The highest BCUT2D eigenvalue weighted by Gasteiger charge is 2.11. The van der Waals surface area contributed by atoms with Crippen LogP contribution in [0.4, 0.5) is 0 Å². The average molecular weight is 288 g/mol. The van der Waals surface area contributed by atoms with E-state index in [2.05, 4.69) is 0 Å². The van der Waals surface area contributed by atoms with Gasteiger partial charge in [0.2, 0.25) is 0 Å². The minimum absolute atomic E-state index is 0.214. The normalized spacial score (nSPS) is 9.80. The molecule has 0 aliphatic carbocycles. The van der Waals surface area contributed by atoms with Gasteiger partial charge in [-0.1, -0.05) is 11.6 Å². The van der Waals surface area contributed by atoms with Crippen LogP contribution in [0.1, 0.15) is 9.67 Å². The lowest BCUT2D eigenvalue weighted by Crippen LogP contribution is -1.91. The molecule has 0 radical (unpaired) electrons. The molecule has 0 bridgehead atoms. The van der Waals surface area contributed by atoms with Gasteiger partial charge in [0, 0.05) is 0 Å². The maximum atomic E-state index is 10.4. The van der Waals surface area contributed by atoms with E-state index in [1.807, 2.05) is 22.6 Å². The van der Waals surface area contributed by atoms with Crippen LogP contribution in [0.15, 0.2) is 6.07 Å². The monoisotopic (exact) mass is 288 g/mol. The van der Waals surface area contributed by atoms with Crippen molar-refractivity contribution in [2.75, 3.05) is 0 Å². The average Bonchev–Trinajstić information content (AvgIpc) is 2.10. The van der Waals surface area contributed by atoms with Gasteiger partial charge in [-0.15, -0.1) is 11.3 Å². The van der Waals surface area contributed by atoms with Gasteiger partial charge in [0.1, 0.15) is 4.88 Å². The summed E-state index contributed by atoms with van der Waals surface area (Å²) in [5.41, 5.74) is 0. The summed E-state index contributed by atoms with van der Waals surface area (Å²) in [5.74, 6) is -0.960. The zero-order valence-corrected chi connectivity index (χ0v) is 8.33. The van der Waals surface area contributed by atoms with Crippen LogP contribution in [0.5, 0.6) is 0 Å². The summed E-state index contributed by atoms with van der Waals surface area (Å²) in [6.45, 7) is 0. The second-order valence-corrected chi connectivity index (χ2v) is 4.89. The molecule has 0 aliphatic rings. The SMILES string of the molecule is O=C(O)c1sc(I)cc1Cl. The van der Waals surface area contributed by atoms with Crippen LogP contribution in [0.25, 0.3) is 0 Å². The highest BCUT2D eigenvalue weighted by atomic mass is 127. The first-order chi connectivity index (χ1) is 4.61. The second-order valence-electron chi connectivity index (χ2n) is 1.53. The van der Waals surface area contributed by atoms with Crippen molar-refractivity contribution in [1.82, 2.24) is 0 Å². The fourth-order valence-corrected chi connectivity index (χ4v) is 2.63. The molecule has 1 N–H and O–H groups in total. The first-order valence-corrected chi connectivity index (χ1v) is 4.56. The maximum Gasteiger partial charge on any atom is 0.347 e. The Morgan fingerprint density at radius 2 is 2.40 bits per heavy atom. The molecule has 0 atom stereocenters. The molecule has 0 saturated heterocycles. The van der Waals surface area contributed by atoms with Crippen molar-refractivity contribution in [1.29, 1.82) is 0 Å². The van der Waals surface area contributed by atoms with Crippen molar-refractivity contribution in [3.05, 3.63) is 18.9 Å². The van der Waals surface area contributed by atoms with Crippen molar-refractivity contribution in [2.24, 2.45) is 0 Å². The summed E-state index contributed by atoms with van der Waals surface area (Å²) >= 11 is 8.77. The lowest BCUT2D eigenvalue weighted by molar-refractivity contribution is 0.0702. The van der Waals surface area contributed by atoms with Gasteiger partial charge in [-0.25, -0.2) is 4.79 Å². The number of carboxylic acid groups (broad SMARTS) is 1. The predicted octanol–water partition coefficient (Wildman–Crippen LogP) is 2.70. The van der Waals surface area contributed by atoms with Gasteiger partial charge in [0.05, 0.1) is 7.91 Å². The smallest absolute Gasteiger partial charge is 0.347 e. The van der Waals surface area contributed by atoms with Crippen molar-refractivity contribution in [3.63, 3.8) is 0 Å². The second kappa shape index (κ2) is 3.06. The highest BCUT2D eigenvalue weighted by molar-refractivity contribution is 14.1. The summed E-state index contributed by atoms with van der Waals surface area (Å²) in [5, 5.41) is 8.82. The molecule has 0 aliphatic heterocycles. The molecule has 0 unspecified atom stereocenters. The van der Waals surface area contributed by atoms with Gasteiger partial charge in [-0.05, 0) is 28.7 Å². The molecular weight excluding hydrogens is 286 g/mol. The number of carboxylic acids is 1. The van der Waals surface area contributed by atoms with E-state index in [9.17, 15) is 4.79 Å². The van der Waals surface area contributed by atoms with Gasteiger partial charge in [0.15, 0.2) is 0 Å².